The molecule has 2 aromatic rings. The lowest BCUT2D eigenvalue weighted by Crippen LogP contribution is -2.41. The van der Waals surface area contributed by atoms with E-state index in [1.165, 1.54) is 47.4 Å². The maximum Gasteiger partial charge on any atom is 0.387 e. The van der Waals surface area contributed by atoms with Crippen molar-refractivity contribution >= 4 is 19.9 Å². The third-order valence-corrected chi connectivity index (χ3v) is 10.8. The summed E-state index contributed by atoms with van der Waals surface area (Å²) in [5, 5.41) is 0.0169. The van der Waals surface area contributed by atoms with Gasteiger partial charge in [0.2, 0.25) is 0 Å². The SMILES string of the molecule is C=CCN(C(=O)C(=C)Oc1ccc(F)c(C)c1)c1ccc(OCCO[Si](C)(C)C(C)(C)C)c(OC(F)F)c1. The van der Waals surface area contributed by atoms with Crippen LogP contribution in [-0.4, -0.2) is 40.6 Å². The molecule has 0 saturated carbocycles. The molecule has 0 aromatic heterocycles. The van der Waals surface area contributed by atoms with Crippen molar-refractivity contribution in [1.29, 1.82) is 0 Å². The lowest BCUT2D eigenvalue weighted by molar-refractivity contribution is -0.117. The molecule has 0 radical (unpaired) electrons. The van der Waals surface area contributed by atoms with Crippen LogP contribution in [0.3, 0.4) is 0 Å². The number of ether oxygens (including phenoxy) is 3. The van der Waals surface area contributed by atoms with Crippen molar-refractivity contribution < 1.29 is 36.6 Å². The summed E-state index contributed by atoms with van der Waals surface area (Å²) >= 11 is 0. The fourth-order valence-corrected chi connectivity index (χ4v) is 4.12. The van der Waals surface area contributed by atoms with E-state index in [4.69, 9.17) is 13.9 Å². The number of anilines is 1. The van der Waals surface area contributed by atoms with E-state index in [1.807, 2.05) is 0 Å². The maximum absolute atomic E-state index is 13.6. The van der Waals surface area contributed by atoms with Gasteiger partial charge in [0, 0.05) is 18.3 Å². The topological polar surface area (TPSA) is 57.2 Å². The Bertz CT molecular complexity index is 1150. The summed E-state index contributed by atoms with van der Waals surface area (Å²) in [4.78, 5) is 14.4. The minimum Gasteiger partial charge on any atom is -0.487 e. The van der Waals surface area contributed by atoms with Crippen molar-refractivity contribution in [3.05, 3.63) is 72.8 Å². The molecule has 208 valence electrons. The quantitative estimate of drug-likeness (QED) is 0.0863. The molecule has 38 heavy (non-hydrogen) atoms. The molecule has 0 spiro atoms. The predicted molar refractivity (Wildman–Crippen MR) is 145 cm³/mol. The highest BCUT2D eigenvalue weighted by molar-refractivity contribution is 6.74. The molecule has 0 saturated heterocycles. The average molecular weight is 552 g/mol. The van der Waals surface area contributed by atoms with Crippen molar-refractivity contribution in [3.63, 3.8) is 0 Å². The van der Waals surface area contributed by atoms with E-state index in [1.54, 1.807) is 6.92 Å². The molecule has 0 unspecified atom stereocenters. The Balaban J connectivity index is 2.21. The summed E-state index contributed by atoms with van der Waals surface area (Å²) < 4.78 is 61.9. The fourth-order valence-electron chi connectivity index (χ4n) is 3.09. The van der Waals surface area contributed by atoms with Gasteiger partial charge in [-0.05, 0) is 61.0 Å². The van der Waals surface area contributed by atoms with Gasteiger partial charge in [0.05, 0.1) is 6.61 Å². The first-order valence-electron chi connectivity index (χ1n) is 12.1. The first kappa shape index (κ1) is 31.0. The second-order valence-electron chi connectivity index (χ2n) is 10.1. The third-order valence-electron chi connectivity index (χ3n) is 6.23. The summed E-state index contributed by atoms with van der Waals surface area (Å²) in [6.45, 7) is 16.8. The normalized spacial score (nSPS) is 11.7. The molecular formula is C28H36F3NO5Si. The fraction of sp³-hybridized carbons (Fsp3) is 0.393. The highest BCUT2D eigenvalue weighted by Crippen LogP contribution is 2.37. The van der Waals surface area contributed by atoms with E-state index in [0.717, 1.165) is 0 Å². The van der Waals surface area contributed by atoms with Crippen molar-refractivity contribution in [3.8, 4) is 17.2 Å². The van der Waals surface area contributed by atoms with Crippen molar-refractivity contribution in [2.75, 3.05) is 24.7 Å². The van der Waals surface area contributed by atoms with Gasteiger partial charge in [-0.1, -0.05) is 33.4 Å². The summed E-state index contributed by atoms with van der Waals surface area (Å²) in [5.41, 5.74) is 0.570. The molecule has 0 heterocycles. The highest BCUT2D eigenvalue weighted by atomic mass is 28.4. The van der Waals surface area contributed by atoms with Gasteiger partial charge in [-0.25, -0.2) is 4.39 Å². The largest absolute Gasteiger partial charge is 0.487 e. The number of rotatable bonds is 13. The Morgan fingerprint density at radius 1 is 1.11 bits per heavy atom. The van der Waals surface area contributed by atoms with Crippen LogP contribution in [0.25, 0.3) is 0 Å². The molecule has 0 bridgehead atoms. The van der Waals surface area contributed by atoms with E-state index < -0.39 is 26.7 Å². The van der Waals surface area contributed by atoms with Crippen molar-refractivity contribution in [2.45, 2.75) is 52.4 Å². The zero-order valence-corrected chi connectivity index (χ0v) is 23.8. The summed E-state index contributed by atoms with van der Waals surface area (Å²) in [6, 6.07) is 8.25. The van der Waals surface area contributed by atoms with Gasteiger partial charge in [-0.2, -0.15) is 8.78 Å². The molecule has 0 N–H and O–H groups in total. The van der Waals surface area contributed by atoms with E-state index in [9.17, 15) is 18.0 Å². The molecule has 6 nitrogen and oxygen atoms in total. The second-order valence-corrected chi connectivity index (χ2v) is 14.9. The number of carbonyl (C=O) groups is 1. The molecule has 10 heteroatoms. The Kier molecular flexibility index (Phi) is 10.6. The molecule has 0 aliphatic carbocycles. The van der Waals surface area contributed by atoms with Gasteiger partial charge >= 0.3 is 6.61 Å². The molecule has 2 rings (SSSR count). The van der Waals surface area contributed by atoms with Crippen LogP contribution in [0.1, 0.15) is 26.3 Å². The summed E-state index contributed by atoms with van der Waals surface area (Å²) in [5.74, 6) is -1.25. The van der Waals surface area contributed by atoms with Crippen molar-refractivity contribution in [1.82, 2.24) is 0 Å². The molecule has 0 aliphatic heterocycles. The molecule has 0 fully saturated rings. The number of hydrogen-bond acceptors (Lipinski definition) is 5. The van der Waals surface area contributed by atoms with Gasteiger partial charge in [-0.15, -0.1) is 6.58 Å². The van der Waals surface area contributed by atoms with Gasteiger partial charge in [0.25, 0.3) is 5.91 Å². The molecule has 0 aliphatic rings. The number of hydrogen-bond donors (Lipinski definition) is 0. The number of amides is 1. The van der Waals surface area contributed by atoms with Crippen LogP contribution in [0.2, 0.25) is 18.1 Å². The molecular weight excluding hydrogens is 515 g/mol. The number of aryl methyl sites for hydroxylation is 1. The number of benzene rings is 2. The molecule has 0 atom stereocenters. The third kappa shape index (κ3) is 8.39. The predicted octanol–water partition coefficient (Wildman–Crippen LogP) is 7.25. The average Bonchev–Trinajstić information content (AvgIpc) is 2.81. The number of nitrogens with zero attached hydrogens (tertiary/aromatic N) is 1. The zero-order valence-electron chi connectivity index (χ0n) is 22.8. The van der Waals surface area contributed by atoms with E-state index in [-0.39, 0.29) is 53.5 Å². The summed E-state index contributed by atoms with van der Waals surface area (Å²) in [7, 11) is -2.00. The Morgan fingerprint density at radius 3 is 2.37 bits per heavy atom. The summed E-state index contributed by atoms with van der Waals surface area (Å²) in [6.07, 6.45) is 1.46. The van der Waals surface area contributed by atoms with Crippen LogP contribution in [0.4, 0.5) is 18.9 Å². The first-order chi connectivity index (χ1) is 17.7. The molecule has 2 aromatic carbocycles. The van der Waals surface area contributed by atoms with Crippen LogP contribution >= 0.6 is 0 Å². The number of carbonyl (C=O) groups excluding carboxylic acids is 1. The second kappa shape index (κ2) is 13.0. The number of halogens is 3. The van der Waals surface area contributed by atoms with Gasteiger partial charge in [0.15, 0.2) is 25.6 Å². The zero-order chi connectivity index (χ0) is 28.7. The van der Waals surface area contributed by atoms with Gasteiger partial charge in [-0.3, -0.25) is 4.79 Å². The van der Waals surface area contributed by atoms with Crippen LogP contribution in [0.15, 0.2) is 61.4 Å². The smallest absolute Gasteiger partial charge is 0.387 e. The van der Waals surface area contributed by atoms with Crippen LogP contribution in [-0.2, 0) is 9.22 Å². The lowest BCUT2D eigenvalue weighted by atomic mass is 10.2. The Morgan fingerprint density at radius 2 is 1.79 bits per heavy atom. The standard InChI is InChI=1S/C28H36F3NO5Si/c1-9-14-32(26(33)20(3)36-22-11-12-23(29)19(2)17-22)21-10-13-24(25(18-21)37-27(30)31)34-15-16-35-38(7,8)28(4,5)6/h9-13,17-18,27H,1,3,14-16H2,2,4-8H3. The van der Waals surface area contributed by atoms with Crippen LogP contribution < -0.4 is 19.1 Å². The molecule has 1 amide bonds. The Labute approximate surface area is 223 Å². The van der Waals surface area contributed by atoms with Gasteiger partial charge < -0.3 is 23.5 Å². The number of alkyl halides is 2. The monoisotopic (exact) mass is 551 g/mol. The van der Waals surface area contributed by atoms with Crippen LogP contribution in [0, 0.1) is 12.7 Å². The minimum absolute atomic E-state index is 0.0169. The Hall–Kier alpha value is -3.24. The first-order valence-corrected chi connectivity index (χ1v) is 15.0. The van der Waals surface area contributed by atoms with E-state index >= 15 is 0 Å². The van der Waals surface area contributed by atoms with Crippen molar-refractivity contribution in [2.24, 2.45) is 0 Å². The van der Waals surface area contributed by atoms with Gasteiger partial charge in [0.1, 0.15) is 18.2 Å². The highest BCUT2D eigenvalue weighted by Gasteiger charge is 2.37. The maximum atomic E-state index is 13.6. The minimum atomic E-state index is -3.11. The lowest BCUT2D eigenvalue weighted by Gasteiger charge is -2.36. The van der Waals surface area contributed by atoms with Crippen LogP contribution in [0.5, 0.6) is 17.2 Å². The van der Waals surface area contributed by atoms with E-state index in [2.05, 4.69) is 51.8 Å². The van der Waals surface area contributed by atoms with E-state index in [0.29, 0.717) is 5.56 Å².